The van der Waals surface area contributed by atoms with Crippen LogP contribution in [0.2, 0.25) is 0 Å². The normalized spacial score (nSPS) is 31.6. The van der Waals surface area contributed by atoms with Gasteiger partial charge in [0.1, 0.15) is 0 Å². The molecule has 142 valence electrons. The van der Waals surface area contributed by atoms with Crippen LogP contribution in [0.1, 0.15) is 70.3 Å². The number of fused-ring (bicyclic) bond motifs is 2. The summed E-state index contributed by atoms with van der Waals surface area (Å²) in [7, 11) is 0. The zero-order valence-corrected chi connectivity index (χ0v) is 16.9. The van der Waals surface area contributed by atoms with E-state index >= 15 is 0 Å². The number of quaternary nitrogens is 1. The molecule has 3 fully saturated rings. The van der Waals surface area contributed by atoms with E-state index in [4.69, 9.17) is 12.2 Å². The van der Waals surface area contributed by atoms with Crippen LogP contribution in [-0.4, -0.2) is 29.3 Å². The smallest absolute Gasteiger partial charge is 0.171 e. The van der Waals surface area contributed by atoms with Gasteiger partial charge in [0, 0.05) is 24.6 Å². The Balaban J connectivity index is 1.33. The van der Waals surface area contributed by atoms with Crippen LogP contribution in [-0.2, 0) is 6.42 Å². The predicted octanol–water partition coefficient (Wildman–Crippen LogP) is 3.45. The maximum absolute atomic E-state index is 5.62. The summed E-state index contributed by atoms with van der Waals surface area (Å²) < 4.78 is 0. The fraction of sp³-hybridized carbons (Fsp3) is 0.682. The third-order valence-electron chi connectivity index (χ3n) is 6.97. The van der Waals surface area contributed by atoms with E-state index in [2.05, 4.69) is 41.8 Å². The quantitative estimate of drug-likeness (QED) is 0.707. The Morgan fingerprint density at radius 2 is 1.58 bits per heavy atom. The third kappa shape index (κ3) is 4.07. The van der Waals surface area contributed by atoms with Crippen molar-refractivity contribution in [3.05, 3.63) is 29.8 Å². The molecule has 2 saturated heterocycles. The minimum atomic E-state index is 0.547. The van der Waals surface area contributed by atoms with E-state index in [0.717, 1.165) is 35.3 Å². The van der Waals surface area contributed by atoms with E-state index in [1.807, 2.05) is 4.90 Å². The Labute approximate surface area is 163 Å². The van der Waals surface area contributed by atoms with Gasteiger partial charge in [-0.25, -0.2) is 0 Å². The Bertz CT molecular complexity index is 594. The van der Waals surface area contributed by atoms with Crippen LogP contribution in [0.25, 0.3) is 0 Å². The second-order valence-electron chi connectivity index (χ2n) is 8.62. The van der Waals surface area contributed by atoms with Crippen molar-refractivity contribution in [1.29, 1.82) is 0 Å². The highest BCUT2D eigenvalue weighted by atomic mass is 32.1. The summed E-state index contributed by atoms with van der Waals surface area (Å²) in [5, 5.41) is 7.82. The molecule has 0 amide bonds. The highest BCUT2D eigenvalue weighted by Gasteiger charge is 2.45. The molecule has 3 nitrogen and oxygen atoms in total. The predicted molar refractivity (Wildman–Crippen MR) is 113 cm³/mol. The summed E-state index contributed by atoms with van der Waals surface area (Å²) in [6.07, 6.45) is 13.8. The molecule has 1 saturated carbocycles. The lowest BCUT2D eigenvalue weighted by Gasteiger charge is -2.48. The maximum atomic E-state index is 5.62. The van der Waals surface area contributed by atoms with E-state index in [0.29, 0.717) is 6.04 Å². The molecule has 2 atom stereocenters. The van der Waals surface area contributed by atoms with Gasteiger partial charge in [-0.05, 0) is 81.3 Å². The molecular formula is C22H34N3S+. The Hall–Kier alpha value is -1.13. The molecule has 3 aliphatic rings. The average Bonchev–Trinajstić information content (AvgIpc) is 3.16. The molecule has 2 heterocycles. The second-order valence-corrected chi connectivity index (χ2v) is 9.03. The molecule has 0 radical (unpaired) electrons. The van der Waals surface area contributed by atoms with E-state index in [1.165, 1.54) is 63.4 Å². The van der Waals surface area contributed by atoms with Gasteiger partial charge < -0.3 is 15.5 Å². The number of thiocarbonyl (C=S) groups is 1. The van der Waals surface area contributed by atoms with Crippen molar-refractivity contribution >= 4 is 23.0 Å². The van der Waals surface area contributed by atoms with Gasteiger partial charge in [0.2, 0.25) is 0 Å². The van der Waals surface area contributed by atoms with Gasteiger partial charge in [0.05, 0.1) is 18.1 Å². The van der Waals surface area contributed by atoms with Crippen LogP contribution in [0.5, 0.6) is 0 Å². The molecule has 4 rings (SSSR count). The molecule has 1 aromatic carbocycles. The van der Waals surface area contributed by atoms with Crippen molar-refractivity contribution in [2.75, 3.05) is 5.32 Å². The van der Waals surface area contributed by atoms with Crippen LogP contribution < -0.4 is 15.5 Å². The summed E-state index contributed by atoms with van der Waals surface area (Å²) in [6, 6.07) is 11.8. The molecule has 1 aromatic rings. The third-order valence-corrected chi connectivity index (χ3v) is 7.19. The number of nitrogens with one attached hydrogen (secondary N) is 3. The number of rotatable bonds is 4. The zero-order valence-electron chi connectivity index (χ0n) is 16.1. The van der Waals surface area contributed by atoms with Gasteiger partial charge in [-0.1, -0.05) is 19.1 Å². The fourth-order valence-corrected chi connectivity index (χ4v) is 6.07. The lowest BCUT2D eigenvalue weighted by atomic mass is 9.80. The lowest BCUT2D eigenvalue weighted by Crippen LogP contribution is -3.24. The molecular weight excluding hydrogens is 338 g/mol. The first-order valence-corrected chi connectivity index (χ1v) is 11.2. The van der Waals surface area contributed by atoms with E-state index in [1.54, 1.807) is 0 Å². The summed E-state index contributed by atoms with van der Waals surface area (Å²) in [4.78, 5) is 1.97. The molecule has 4 heteroatoms. The summed E-state index contributed by atoms with van der Waals surface area (Å²) in [6.45, 7) is 2.19. The van der Waals surface area contributed by atoms with Crippen molar-refractivity contribution in [1.82, 2.24) is 5.32 Å². The first kappa shape index (κ1) is 18.2. The van der Waals surface area contributed by atoms with E-state index in [-0.39, 0.29) is 0 Å². The van der Waals surface area contributed by atoms with Crippen LogP contribution in [0, 0.1) is 0 Å². The average molecular weight is 373 g/mol. The molecule has 0 aromatic heterocycles. The van der Waals surface area contributed by atoms with Gasteiger partial charge >= 0.3 is 0 Å². The number of aryl methyl sites for hydroxylation is 1. The van der Waals surface area contributed by atoms with Gasteiger partial charge in [-0.15, -0.1) is 0 Å². The van der Waals surface area contributed by atoms with Crippen LogP contribution in [0.15, 0.2) is 24.3 Å². The SMILES string of the molecule is CCc1ccc(NC(=S)NC2C[C@H]3CCC[C@H](C2)[NH+]3C2CCCC2)cc1. The number of hydrogen-bond donors (Lipinski definition) is 3. The molecule has 2 bridgehead atoms. The van der Waals surface area contributed by atoms with Crippen LogP contribution in [0.4, 0.5) is 5.69 Å². The highest BCUT2D eigenvalue weighted by Crippen LogP contribution is 2.26. The molecule has 3 N–H and O–H groups in total. The molecule has 0 unspecified atom stereocenters. The highest BCUT2D eigenvalue weighted by molar-refractivity contribution is 7.80. The van der Waals surface area contributed by atoms with Gasteiger partial charge in [-0.3, -0.25) is 0 Å². The van der Waals surface area contributed by atoms with E-state index in [9.17, 15) is 0 Å². The first-order valence-electron chi connectivity index (χ1n) is 10.8. The van der Waals surface area contributed by atoms with Crippen molar-refractivity contribution in [2.24, 2.45) is 0 Å². The standard InChI is InChI=1S/C22H33N3S/c1-2-16-10-12-17(13-11-16)23-22(26)24-18-14-20-8-5-9-21(15-18)25(20)19-6-3-4-7-19/h10-13,18-21H,2-9,14-15H2,1H3,(H2,23,24,26)/p+1/t20-,21-/m1/s1. The van der Waals surface area contributed by atoms with Gasteiger partial charge in [0.15, 0.2) is 5.11 Å². The van der Waals surface area contributed by atoms with Crippen molar-refractivity contribution in [3.8, 4) is 0 Å². The Morgan fingerprint density at radius 3 is 2.19 bits per heavy atom. The number of hydrogen-bond acceptors (Lipinski definition) is 1. The topological polar surface area (TPSA) is 28.5 Å². The Kier molecular flexibility index (Phi) is 5.80. The lowest BCUT2D eigenvalue weighted by molar-refractivity contribution is -0.982. The van der Waals surface area contributed by atoms with E-state index < -0.39 is 0 Å². The summed E-state index contributed by atoms with van der Waals surface area (Å²) in [5.74, 6) is 0. The molecule has 1 aliphatic carbocycles. The molecule has 2 aliphatic heterocycles. The van der Waals surface area contributed by atoms with Crippen molar-refractivity contribution < 1.29 is 4.90 Å². The van der Waals surface area contributed by atoms with Crippen molar-refractivity contribution in [3.63, 3.8) is 0 Å². The number of benzene rings is 1. The maximum Gasteiger partial charge on any atom is 0.171 e. The first-order chi connectivity index (χ1) is 12.7. The fourth-order valence-electron chi connectivity index (χ4n) is 5.79. The van der Waals surface area contributed by atoms with Gasteiger partial charge in [0.25, 0.3) is 0 Å². The second kappa shape index (κ2) is 8.26. The van der Waals surface area contributed by atoms with Gasteiger partial charge in [-0.2, -0.15) is 0 Å². The minimum absolute atomic E-state index is 0.547. The van der Waals surface area contributed by atoms with Crippen molar-refractivity contribution in [2.45, 2.75) is 95.3 Å². The summed E-state index contributed by atoms with van der Waals surface area (Å²) in [5.41, 5.74) is 2.46. The molecule has 26 heavy (non-hydrogen) atoms. The summed E-state index contributed by atoms with van der Waals surface area (Å²) >= 11 is 5.62. The molecule has 0 spiro atoms. The minimum Gasteiger partial charge on any atom is -0.359 e. The number of anilines is 1. The largest absolute Gasteiger partial charge is 0.359 e. The monoisotopic (exact) mass is 372 g/mol. The Morgan fingerprint density at radius 1 is 0.962 bits per heavy atom. The van der Waals surface area contributed by atoms with Crippen LogP contribution in [0.3, 0.4) is 0 Å². The number of piperidine rings is 2. The zero-order chi connectivity index (χ0) is 17.9. The van der Waals surface area contributed by atoms with Crippen LogP contribution >= 0.6 is 12.2 Å².